The van der Waals surface area contributed by atoms with Crippen LogP contribution in [0.1, 0.15) is 55.1 Å². The number of nitriles is 1. The monoisotopic (exact) mass is 442 g/mol. The Balaban J connectivity index is 1.94. The lowest BCUT2D eigenvalue weighted by Gasteiger charge is -2.37. The smallest absolute Gasteiger partial charge is 0.261 e. The zero-order valence-corrected chi connectivity index (χ0v) is 18.5. The summed E-state index contributed by atoms with van der Waals surface area (Å²) < 4.78 is 10.6. The zero-order valence-electron chi connectivity index (χ0n) is 17.7. The van der Waals surface area contributed by atoms with Gasteiger partial charge in [0.05, 0.1) is 10.6 Å². The Labute approximate surface area is 187 Å². The first-order valence-corrected chi connectivity index (χ1v) is 10.7. The van der Waals surface area contributed by atoms with E-state index in [9.17, 15) is 9.90 Å². The van der Waals surface area contributed by atoms with Gasteiger partial charge in [0, 0.05) is 31.4 Å². The third-order valence-electron chi connectivity index (χ3n) is 5.94. The van der Waals surface area contributed by atoms with Crippen molar-refractivity contribution in [1.82, 2.24) is 0 Å². The minimum absolute atomic E-state index is 0.207. The van der Waals surface area contributed by atoms with Gasteiger partial charge in [-0.15, -0.1) is 0 Å². The largest absolute Gasteiger partial charge is 0.375 e. The van der Waals surface area contributed by atoms with Gasteiger partial charge >= 0.3 is 0 Å². The van der Waals surface area contributed by atoms with Crippen LogP contribution in [0.5, 0.6) is 0 Å². The van der Waals surface area contributed by atoms with Crippen molar-refractivity contribution in [2.75, 3.05) is 19.5 Å². The number of rotatable bonds is 7. The molecule has 3 rings (SSSR count). The molecule has 31 heavy (non-hydrogen) atoms. The van der Waals surface area contributed by atoms with Crippen LogP contribution >= 0.6 is 11.6 Å². The molecule has 1 amide bonds. The van der Waals surface area contributed by atoms with Gasteiger partial charge in [0.15, 0.2) is 11.9 Å². The van der Waals surface area contributed by atoms with Crippen LogP contribution in [0.4, 0.5) is 5.69 Å². The normalized spacial score (nSPS) is 16.5. The SMILES string of the molecule is COC(OC)c1ccc(C(O)(C(=O)Nc2ccc(C#N)c(Cl)c2)C2CCCCC2)cc1. The first-order valence-electron chi connectivity index (χ1n) is 10.3. The van der Waals surface area contributed by atoms with E-state index < -0.39 is 17.8 Å². The van der Waals surface area contributed by atoms with Crippen LogP contribution in [0.25, 0.3) is 0 Å². The van der Waals surface area contributed by atoms with Crippen LogP contribution in [0.3, 0.4) is 0 Å². The van der Waals surface area contributed by atoms with Gasteiger partial charge in [-0.05, 0) is 36.6 Å². The highest BCUT2D eigenvalue weighted by atomic mass is 35.5. The third-order valence-corrected chi connectivity index (χ3v) is 6.25. The molecule has 164 valence electrons. The molecule has 0 heterocycles. The summed E-state index contributed by atoms with van der Waals surface area (Å²) >= 11 is 6.11. The van der Waals surface area contributed by atoms with E-state index in [1.807, 2.05) is 6.07 Å². The first-order chi connectivity index (χ1) is 14.9. The molecule has 1 fully saturated rings. The van der Waals surface area contributed by atoms with Gasteiger partial charge in [0.25, 0.3) is 5.91 Å². The molecule has 0 saturated heterocycles. The van der Waals surface area contributed by atoms with Gasteiger partial charge in [-0.25, -0.2) is 0 Å². The lowest BCUT2D eigenvalue weighted by molar-refractivity contribution is -0.143. The summed E-state index contributed by atoms with van der Waals surface area (Å²) in [6.07, 6.45) is 4.04. The molecule has 1 unspecified atom stereocenters. The molecule has 2 N–H and O–H groups in total. The molecule has 0 bridgehead atoms. The molecule has 2 aromatic rings. The average molecular weight is 443 g/mol. The maximum atomic E-state index is 13.4. The lowest BCUT2D eigenvalue weighted by Crippen LogP contribution is -2.47. The van der Waals surface area contributed by atoms with Crippen LogP contribution in [0.2, 0.25) is 5.02 Å². The van der Waals surface area contributed by atoms with Crippen molar-refractivity contribution in [2.24, 2.45) is 5.92 Å². The maximum Gasteiger partial charge on any atom is 0.261 e. The molecule has 1 aliphatic rings. The Morgan fingerprint density at radius 1 is 1.16 bits per heavy atom. The molecule has 0 spiro atoms. The van der Waals surface area contributed by atoms with Crippen LogP contribution < -0.4 is 5.32 Å². The molecule has 1 aliphatic carbocycles. The predicted molar refractivity (Wildman–Crippen MR) is 118 cm³/mol. The predicted octanol–water partition coefficient (Wildman–Crippen LogP) is 4.91. The molecular weight excluding hydrogens is 416 g/mol. The van der Waals surface area contributed by atoms with Gasteiger partial charge in [0.2, 0.25) is 0 Å². The molecule has 6 nitrogen and oxygen atoms in total. The van der Waals surface area contributed by atoms with Crippen LogP contribution in [-0.4, -0.2) is 25.2 Å². The summed E-state index contributed by atoms with van der Waals surface area (Å²) in [5.74, 6) is -0.718. The summed E-state index contributed by atoms with van der Waals surface area (Å²) in [6.45, 7) is 0. The second kappa shape index (κ2) is 10.3. The molecule has 1 saturated carbocycles. The fraction of sp³-hybridized carbons (Fsp3) is 0.417. The Kier molecular flexibility index (Phi) is 7.69. The lowest BCUT2D eigenvalue weighted by atomic mass is 9.72. The van der Waals surface area contributed by atoms with E-state index in [1.165, 1.54) is 6.07 Å². The number of aliphatic hydroxyl groups is 1. The van der Waals surface area contributed by atoms with Crippen molar-refractivity contribution in [3.63, 3.8) is 0 Å². The fourth-order valence-corrected chi connectivity index (χ4v) is 4.47. The summed E-state index contributed by atoms with van der Waals surface area (Å²) in [5.41, 5.74) is 0.363. The first kappa shape index (κ1) is 23.2. The van der Waals surface area contributed by atoms with E-state index in [0.29, 0.717) is 16.8 Å². The number of hydrogen-bond acceptors (Lipinski definition) is 5. The molecule has 0 aromatic heterocycles. The van der Waals surface area contributed by atoms with Crippen LogP contribution in [-0.2, 0) is 19.9 Å². The Hall–Kier alpha value is -2.43. The molecule has 1 atom stereocenters. The number of hydrogen-bond donors (Lipinski definition) is 2. The second-order valence-corrected chi connectivity index (χ2v) is 8.19. The topological polar surface area (TPSA) is 91.6 Å². The summed E-state index contributed by atoms with van der Waals surface area (Å²) in [7, 11) is 3.10. The van der Waals surface area contributed by atoms with Crippen molar-refractivity contribution in [2.45, 2.75) is 44.0 Å². The number of carbonyl (C=O) groups is 1. The van der Waals surface area contributed by atoms with Crippen molar-refractivity contribution in [1.29, 1.82) is 5.26 Å². The summed E-state index contributed by atoms with van der Waals surface area (Å²) in [6, 6.07) is 13.8. The van der Waals surface area contributed by atoms with Gasteiger partial charge in [-0.2, -0.15) is 5.26 Å². The number of methoxy groups -OCH3 is 2. The highest BCUT2D eigenvalue weighted by Gasteiger charge is 2.45. The highest BCUT2D eigenvalue weighted by molar-refractivity contribution is 6.32. The highest BCUT2D eigenvalue weighted by Crippen LogP contribution is 2.41. The van der Waals surface area contributed by atoms with E-state index >= 15 is 0 Å². The summed E-state index contributed by atoms with van der Waals surface area (Å²) in [4.78, 5) is 13.4. The van der Waals surface area contributed by atoms with E-state index in [-0.39, 0.29) is 10.9 Å². The number of nitrogens with zero attached hydrogens (tertiary/aromatic N) is 1. The van der Waals surface area contributed by atoms with E-state index in [4.69, 9.17) is 26.3 Å². The Bertz CT molecular complexity index is 947. The average Bonchev–Trinajstić information content (AvgIpc) is 2.80. The van der Waals surface area contributed by atoms with E-state index in [1.54, 1.807) is 50.6 Å². The molecule has 0 aliphatic heterocycles. The molecular formula is C24H27ClN2O4. The number of halogens is 1. The minimum Gasteiger partial charge on any atom is -0.375 e. The molecule has 2 aromatic carbocycles. The Morgan fingerprint density at radius 2 is 1.81 bits per heavy atom. The number of nitrogens with one attached hydrogen (secondary N) is 1. The maximum absolute atomic E-state index is 13.4. The van der Waals surface area contributed by atoms with Crippen LogP contribution in [0.15, 0.2) is 42.5 Å². The van der Waals surface area contributed by atoms with E-state index in [2.05, 4.69) is 5.32 Å². The minimum atomic E-state index is -1.70. The van der Waals surface area contributed by atoms with Gasteiger partial charge in [0.1, 0.15) is 6.07 Å². The second-order valence-electron chi connectivity index (χ2n) is 7.79. The van der Waals surface area contributed by atoms with Crippen molar-refractivity contribution >= 4 is 23.2 Å². The summed E-state index contributed by atoms with van der Waals surface area (Å²) in [5, 5.41) is 23.9. The van der Waals surface area contributed by atoms with Crippen LogP contribution in [0, 0.1) is 17.2 Å². The number of anilines is 1. The van der Waals surface area contributed by atoms with Crippen molar-refractivity contribution in [3.05, 3.63) is 64.2 Å². The molecule has 0 radical (unpaired) electrons. The van der Waals surface area contributed by atoms with Crippen molar-refractivity contribution < 1.29 is 19.4 Å². The Morgan fingerprint density at radius 3 is 2.35 bits per heavy atom. The number of amides is 1. The fourth-order valence-electron chi connectivity index (χ4n) is 4.25. The number of ether oxygens (including phenoxy) is 2. The van der Waals surface area contributed by atoms with Gasteiger partial charge in [-0.3, -0.25) is 4.79 Å². The van der Waals surface area contributed by atoms with Crippen molar-refractivity contribution in [3.8, 4) is 6.07 Å². The zero-order chi connectivity index (χ0) is 22.4. The quantitative estimate of drug-likeness (QED) is 0.594. The van der Waals surface area contributed by atoms with Gasteiger partial charge in [-0.1, -0.05) is 55.1 Å². The van der Waals surface area contributed by atoms with E-state index in [0.717, 1.165) is 37.7 Å². The standard InChI is InChI=1S/C24H27ClN2O4/c1-30-22(31-2)16-8-11-19(12-9-16)24(29,18-6-4-3-5-7-18)23(28)27-20-13-10-17(15-26)21(25)14-20/h8-14,18,22,29H,3-7H2,1-2H3,(H,27,28). The third kappa shape index (κ3) is 4.91. The van der Waals surface area contributed by atoms with Gasteiger partial charge < -0.3 is 19.9 Å². The number of benzene rings is 2. The number of carbonyl (C=O) groups excluding carboxylic acids is 1. The molecule has 7 heteroatoms.